The number of guanidine groups is 1. The number of methoxy groups -OCH3 is 1. The van der Waals surface area contributed by atoms with Crippen molar-refractivity contribution in [2.75, 3.05) is 46.9 Å². The lowest BCUT2D eigenvalue weighted by Crippen LogP contribution is -2.38. The van der Waals surface area contributed by atoms with Crippen LogP contribution in [-0.2, 0) is 11.3 Å². The van der Waals surface area contributed by atoms with Crippen molar-refractivity contribution in [2.45, 2.75) is 26.3 Å². The Bertz CT molecular complexity index is 422. The lowest BCUT2D eigenvalue weighted by molar-refractivity contribution is 0.197. The number of aliphatic imine (C=N–C) groups is 1. The molecule has 0 unspecified atom stereocenters. The molecule has 5 nitrogen and oxygen atoms in total. The fourth-order valence-electron chi connectivity index (χ4n) is 2.27. The first-order valence-electron chi connectivity index (χ1n) is 8.49. The highest BCUT2D eigenvalue weighted by Crippen LogP contribution is 2.02. The summed E-state index contributed by atoms with van der Waals surface area (Å²) in [6.45, 7) is 7.49. The zero-order valence-corrected chi connectivity index (χ0v) is 14.8. The van der Waals surface area contributed by atoms with Gasteiger partial charge in [-0.25, -0.2) is 0 Å². The molecule has 0 aliphatic carbocycles. The lowest BCUT2D eigenvalue weighted by atomic mass is 10.2. The summed E-state index contributed by atoms with van der Waals surface area (Å²) in [5.74, 6) is 0.898. The fourth-order valence-corrected chi connectivity index (χ4v) is 2.27. The van der Waals surface area contributed by atoms with Crippen LogP contribution in [0.5, 0.6) is 0 Å². The molecule has 130 valence electrons. The number of benzene rings is 1. The second-order valence-corrected chi connectivity index (χ2v) is 5.61. The molecule has 0 aromatic heterocycles. The smallest absolute Gasteiger partial charge is 0.191 e. The van der Waals surface area contributed by atoms with Crippen LogP contribution < -0.4 is 10.6 Å². The van der Waals surface area contributed by atoms with E-state index >= 15 is 0 Å². The standard InChI is InChI=1S/C18H32N4O/c1-4-19-18(21-13-9-15-23-3)20-12-8-14-22(2)16-17-10-6-5-7-11-17/h5-7,10-11H,4,8-9,12-16H2,1-3H3,(H2,19,20,21). The summed E-state index contributed by atoms with van der Waals surface area (Å²) in [7, 11) is 3.89. The Hall–Kier alpha value is -1.59. The highest BCUT2D eigenvalue weighted by atomic mass is 16.5. The van der Waals surface area contributed by atoms with Gasteiger partial charge in [0.1, 0.15) is 0 Å². The minimum Gasteiger partial charge on any atom is -0.385 e. The predicted molar refractivity (Wildman–Crippen MR) is 97.9 cm³/mol. The fraction of sp³-hybridized carbons (Fsp3) is 0.611. The minimum absolute atomic E-state index is 0.757. The lowest BCUT2D eigenvalue weighted by Gasteiger charge is -2.17. The minimum atomic E-state index is 0.757. The van der Waals surface area contributed by atoms with Crippen molar-refractivity contribution >= 4 is 5.96 Å². The van der Waals surface area contributed by atoms with Crippen LogP contribution in [0.2, 0.25) is 0 Å². The van der Waals surface area contributed by atoms with Gasteiger partial charge in [0, 0.05) is 39.9 Å². The Labute approximate surface area is 141 Å². The molecular formula is C18H32N4O. The van der Waals surface area contributed by atoms with E-state index in [2.05, 4.69) is 64.8 Å². The SMILES string of the molecule is CCNC(=NCCCOC)NCCCN(C)Cc1ccccc1. The zero-order valence-electron chi connectivity index (χ0n) is 14.8. The first-order valence-corrected chi connectivity index (χ1v) is 8.49. The molecule has 0 bridgehead atoms. The van der Waals surface area contributed by atoms with E-state index in [1.54, 1.807) is 7.11 Å². The van der Waals surface area contributed by atoms with Crippen molar-refractivity contribution in [3.05, 3.63) is 35.9 Å². The van der Waals surface area contributed by atoms with Crippen LogP contribution in [0.1, 0.15) is 25.3 Å². The maximum absolute atomic E-state index is 5.04. The van der Waals surface area contributed by atoms with Gasteiger partial charge in [-0.1, -0.05) is 30.3 Å². The highest BCUT2D eigenvalue weighted by molar-refractivity contribution is 5.79. The van der Waals surface area contributed by atoms with E-state index in [0.29, 0.717) is 0 Å². The van der Waals surface area contributed by atoms with E-state index in [1.807, 2.05) is 0 Å². The van der Waals surface area contributed by atoms with Gasteiger partial charge in [-0.2, -0.15) is 0 Å². The summed E-state index contributed by atoms with van der Waals surface area (Å²) in [4.78, 5) is 6.88. The molecule has 0 heterocycles. The van der Waals surface area contributed by atoms with E-state index in [1.165, 1.54) is 5.56 Å². The van der Waals surface area contributed by atoms with Gasteiger partial charge in [0.2, 0.25) is 0 Å². The normalized spacial score (nSPS) is 11.7. The van der Waals surface area contributed by atoms with Gasteiger partial charge in [-0.3, -0.25) is 4.99 Å². The van der Waals surface area contributed by atoms with Gasteiger partial charge >= 0.3 is 0 Å². The summed E-state index contributed by atoms with van der Waals surface area (Å²) in [6, 6.07) is 10.6. The van der Waals surface area contributed by atoms with Gasteiger partial charge in [-0.05, 0) is 38.9 Å². The topological polar surface area (TPSA) is 48.9 Å². The molecular weight excluding hydrogens is 288 g/mol. The van der Waals surface area contributed by atoms with E-state index in [0.717, 1.165) is 58.1 Å². The number of nitrogens with one attached hydrogen (secondary N) is 2. The predicted octanol–water partition coefficient (Wildman–Crippen LogP) is 2.10. The third-order valence-corrected chi connectivity index (χ3v) is 3.43. The summed E-state index contributed by atoms with van der Waals surface area (Å²) >= 11 is 0. The van der Waals surface area contributed by atoms with Gasteiger partial charge in [0.25, 0.3) is 0 Å². The second-order valence-electron chi connectivity index (χ2n) is 5.61. The van der Waals surface area contributed by atoms with Crippen LogP contribution in [-0.4, -0.2) is 57.8 Å². The molecule has 0 aliphatic rings. The number of rotatable bonds is 11. The molecule has 1 rings (SSSR count). The zero-order chi connectivity index (χ0) is 16.8. The average molecular weight is 320 g/mol. The molecule has 0 atom stereocenters. The van der Waals surface area contributed by atoms with E-state index in [-0.39, 0.29) is 0 Å². The van der Waals surface area contributed by atoms with Crippen LogP contribution in [0.4, 0.5) is 0 Å². The van der Waals surface area contributed by atoms with Crippen LogP contribution >= 0.6 is 0 Å². The van der Waals surface area contributed by atoms with Crippen LogP contribution in [0, 0.1) is 0 Å². The van der Waals surface area contributed by atoms with Crippen LogP contribution in [0.25, 0.3) is 0 Å². The van der Waals surface area contributed by atoms with E-state index in [4.69, 9.17) is 4.74 Å². The number of hydrogen-bond donors (Lipinski definition) is 2. The Morgan fingerprint density at radius 3 is 2.65 bits per heavy atom. The van der Waals surface area contributed by atoms with Crippen LogP contribution in [0.3, 0.4) is 0 Å². The van der Waals surface area contributed by atoms with Gasteiger partial charge in [0.05, 0.1) is 0 Å². The third-order valence-electron chi connectivity index (χ3n) is 3.43. The average Bonchev–Trinajstić information content (AvgIpc) is 2.56. The molecule has 0 spiro atoms. The Balaban J connectivity index is 2.19. The number of nitrogens with zero attached hydrogens (tertiary/aromatic N) is 2. The summed E-state index contributed by atoms with van der Waals surface area (Å²) in [5.41, 5.74) is 1.36. The molecule has 0 saturated heterocycles. The molecule has 2 N–H and O–H groups in total. The van der Waals surface area contributed by atoms with Crippen molar-refractivity contribution in [1.29, 1.82) is 0 Å². The first kappa shape index (κ1) is 19.5. The summed E-state index contributed by atoms with van der Waals surface area (Å²) in [5, 5.41) is 6.66. The first-order chi connectivity index (χ1) is 11.3. The maximum atomic E-state index is 5.04. The molecule has 0 radical (unpaired) electrons. The highest BCUT2D eigenvalue weighted by Gasteiger charge is 2.01. The number of ether oxygens (including phenoxy) is 1. The van der Waals surface area contributed by atoms with Crippen molar-refractivity contribution in [3.8, 4) is 0 Å². The molecule has 23 heavy (non-hydrogen) atoms. The quantitative estimate of drug-likeness (QED) is 0.372. The molecule has 5 heteroatoms. The van der Waals surface area contributed by atoms with Gasteiger partial charge in [0.15, 0.2) is 5.96 Å². The molecule has 0 saturated carbocycles. The Morgan fingerprint density at radius 1 is 1.17 bits per heavy atom. The largest absolute Gasteiger partial charge is 0.385 e. The Morgan fingerprint density at radius 2 is 1.96 bits per heavy atom. The van der Waals surface area contributed by atoms with Crippen molar-refractivity contribution < 1.29 is 4.74 Å². The molecule has 1 aromatic rings. The number of hydrogen-bond acceptors (Lipinski definition) is 3. The summed E-state index contributed by atoms with van der Waals surface area (Å²) < 4.78 is 5.04. The summed E-state index contributed by atoms with van der Waals surface area (Å²) in [6.07, 6.45) is 2.04. The molecule has 0 aliphatic heterocycles. The third kappa shape index (κ3) is 9.92. The molecule has 0 fully saturated rings. The van der Waals surface area contributed by atoms with Gasteiger partial charge in [-0.15, -0.1) is 0 Å². The van der Waals surface area contributed by atoms with Crippen molar-refractivity contribution in [1.82, 2.24) is 15.5 Å². The van der Waals surface area contributed by atoms with Crippen molar-refractivity contribution in [3.63, 3.8) is 0 Å². The molecule has 0 amide bonds. The van der Waals surface area contributed by atoms with Crippen molar-refractivity contribution in [2.24, 2.45) is 4.99 Å². The van der Waals surface area contributed by atoms with E-state index in [9.17, 15) is 0 Å². The van der Waals surface area contributed by atoms with E-state index < -0.39 is 0 Å². The van der Waals surface area contributed by atoms with Gasteiger partial charge < -0.3 is 20.3 Å². The maximum Gasteiger partial charge on any atom is 0.191 e. The molecule has 1 aromatic carbocycles. The monoisotopic (exact) mass is 320 g/mol. The second kappa shape index (κ2) is 12.9. The van der Waals surface area contributed by atoms with Crippen LogP contribution in [0.15, 0.2) is 35.3 Å². The Kier molecular flexibility index (Phi) is 10.9.